The van der Waals surface area contributed by atoms with Gasteiger partial charge in [-0.2, -0.15) is 13.2 Å². The number of alkyl halides is 3. The first-order valence-electron chi connectivity index (χ1n) is 6.58. The Bertz CT molecular complexity index is 446. The van der Waals surface area contributed by atoms with Crippen molar-refractivity contribution in [2.75, 3.05) is 7.05 Å². The summed E-state index contributed by atoms with van der Waals surface area (Å²) in [5.74, 6) is -1.20. The van der Waals surface area contributed by atoms with E-state index >= 15 is 0 Å². The van der Waals surface area contributed by atoms with Crippen LogP contribution >= 0.6 is 0 Å². The van der Waals surface area contributed by atoms with Crippen molar-refractivity contribution in [1.82, 2.24) is 5.32 Å². The van der Waals surface area contributed by atoms with E-state index < -0.39 is 17.6 Å². The third-order valence-electron chi connectivity index (χ3n) is 3.45. The second-order valence-electron chi connectivity index (χ2n) is 6.06. The number of halogens is 4. The van der Waals surface area contributed by atoms with E-state index in [4.69, 9.17) is 0 Å². The Kier molecular flexibility index (Phi) is 5.19. The van der Waals surface area contributed by atoms with Crippen LogP contribution < -0.4 is 5.32 Å². The van der Waals surface area contributed by atoms with Crippen LogP contribution in [0.3, 0.4) is 0 Å². The molecule has 0 heterocycles. The maximum absolute atomic E-state index is 13.5. The van der Waals surface area contributed by atoms with Crippen molar-refractivity contribution in [2.45, 2.75) is 45.8 Å². The second kappa shape index (κ2) is 6.12. The summed E-state index contributed by atoms with van der Waals surface area (Å²) < 4.78 is 50.8. The summed E-state index contributed by atoms with van der Waals surface area (Å²) in [6.07, 6.45) is -3.36. The molecule has 0 bridgehead atoms. The molecule has 0 amide bonds. The Morgan fingerprint density at radius 1 is 1.15 bits per heavy atom. The van der Waals surface area contributed by atoms with Crippen LogP contribution in [0, 0.1) is 11.2 Å². The number of nitrogens with one attached hydrogen (secondary N) is 1. The molecule has 5 heteroatoms. The van der Waals surface area contributed by atoms with Crippen molar-refractivity contribution in [1.29, 1.82) is 0 Å². The van der Waals surface area contributed by atoms with Gasteiger partial charge < -0.3 is 5.32 Å². The SMILES string of the molecule is CNC(CCc1ccc(C(F)(F)F)c(F)c1)C(C)(C)C. The fraction of sp³-hybridized carbons (Fsp3) is 0.600. The smallest absolute Gasteiger partial charge is 0.316 e. The lowest BCUT2D eigenvalue weighted by Gasteiger charge is -2.30. The van der Waals surface area contributed by atoms with E-state index in [0.29, 0.717) is 12.0 Å². The van der Waals surface area contributed by atoms with Gasteiger partial charge in [-0.05, 0) is 43.0 Å². The average molecular weight is 291 g/mol. The molecular formula is C15H21F4N. The predicted octanol–water partition coefficient (Wildman–Crippen LogP) is 4.41. The van der Waals surface area contributed by atoms with E-state index in [1.807, 2.05) is 7.05 Å². The van der Waals surface area contributed by atoms with E-state index in [-0.39, 0.29) is 11.5 Å². The van der Waals surface area contributed by atoms with Crippen LogP contribution in [-0.2, 0) is 12.6 Å². The highest BCUT2D eigenvalue weighted by Gasteiger charge is 2.33. The fourth-order valence-electron chi connectivity index (χ4n) is 2.27. The third kappa shape index (κ3) is 4.47. The van der Waals surface area contributed by atoms with Crippen molar-refractivity contribution >= 4 is 0 Å². The number of rotatable bonds is 4. The van der Waals surface area contributed by atoms with Crippen molar-refractivity contribution in [2.24, 2.45) is 5.41 Å². The molecule has 1 aromatic rings. The summed E-state index contributed by atoms with van der Waals surface area (Å²) >= 11 is 0. The summed E-state index contributed by atoms with van der Waals surface area (Å²) in [6, 6.07) is 3.36. The Morgan fingerprint density at radius 3 is 2.15 bits per heavy atom. The third-order valence-corrected chi connectivity index (χ3v) is 3.45. The normalized spacial score (nSPS) is 14.4. The van der Waals surface area contributed by atoms with Crippen LogP contribution in [0.25, 0.3) is 0 Å². The highest BCUT2D eigenvalue weighted by Crippen LogP contribution is 2.32. The van der Waals surface area contributed by atoms with Crippen molar-refractivity contribution in [3.05, 3.63) is 35.1 Å². The standard InChI is InChI=1S/C15H21F4N/c1-14(2,3)13(20-4)8-6-10-5-7-11(12(16)9-10)15(17,18)19/h5,7,9,13,20H,6,8H2,1-4H3. The van der Waals surface area contributed by atoms with E-state index in [9.17, 15) is 17.6 Å². The molecule has 0 aliphatic rings. The monoisotopic (exact) mass is 291 g/mol. The molecule has 0 aliphatic carbocycles. The van der Waals surface area contributed by atoms with Crippen molar-refractivity contribution in [3.8, 4) is 0 Å². The fourth-order valence-corrected chi connectivity index (χ4v) is 2.27. The number of hydrogen-bond donors (Lipinski definition) is 1. The number of benzene rings is 1. The summed E-state index contributed by atoms with van der Waals surface area (Å²) in [5.41, 5.74) is -0.582. The van der Waals surface area contributed by atoms with Crippen LogP contribution in [0.5, 0.6) is 0 Å². The van der Waals surface area contributed by atoms with E-state index in [1.165, 1.54) is 6.07 Å². The van der Waals surface area contributed by atoms with Gasteiger partial charge in [0.1, 0.15) is 5.82 Å². The molecule has 0 spiro atoms. The number of hydrogen-bond acceptors (Lipinski definition) is 1. The molecular weight excluding hydrogens is 270 g/mol. The van der Waals surface area contributed by atoms with Gasteiger partial charge in [0.05, 0.1) is 5.56 Å². The Hall–Kier alpha value is -1.10. The van der Waals surface area contributed by atoms with Crippen LogP contribution in [0.15, 0.2) is 18.2 Å². The van der Waals surface area contributed by atoms with Crippen molar-refractivity contribution in [3.63, 3.8) is 0 Å². The lowest BCUT2D eigenvalue weighted by molar-refractivity contribution is -0.140. The van der Waals surface area contributed by atoms with Gasteiger partial charge in [-0.25, -0.2) is 4.39 Å². The highest BCUT2D eigenvalue weighted by molar-refractivity contribution is 5.26. The molecule has 0 saturated heterocycles. The Labute approximate surface area is 117 Å². The Balaban J connectivity index is 2.78. The van der Waals surface area contributed by atoms with Crippen LogP contribution in [0.1, 0.15) is 38.3 Å². The Morgan fingerprint density at radius 2 is 1.75 bits per heavy atom. The van der Waals surface area contributed by atoms with Gasteiger partial charge in [-0.15, -0.1) is 0 Å². The molecule has 0 fully saturated rings. The minimum atomic E-state index is -4.64. The van der Waals surface area contributed by atoms with E-state index in [0.717, 1.165) is 18.6 Å². The van der Waals surface area contributed by atoms with Gasteiger partial charge in [-0.1, -0.05) is 26.8 Å². The zero-order valence-electron chi connectivity index (χ0n) is 12.2. The van der Waals surface area contributed by atoms with Gasteiger partial charge in [0.15, 0.2) is 0 Å². The summed E-state index contributed by atoms with van der Waals surface area (Å²) in [4.78, 5) is 0. The summed E-state index contributed by atoms with van der Waals surface area (Å²) in [6.45, 7) is 6.25. The van der Waals surface area contributed by atoms with Crippen LogP contribution in [0.2, 0.25) is 0 Å². The highest BCUT2D eigenvalue weighted by atomic mass is 19.4. The molecule has 1 atom stereocenters. The predicted molar refractivity (Wildman–Crippen MR) is 72.0 cm³/mol. The molecule has 1 N–H and O–H groups in total. The topological polar surface area (TPSA) is 12.0 Å². The average Bonchev–Trinajstić information content (AvgIpc) is 2.26. The lowest BCUT2D eigenvalue weighted by atomic mass is 9.83. The van der Waals surface area contributed by atoms with Gasteiger partial charge in [0.25, 0.3) is 0 Å². The van der Waals surface area contributed by atoms with Crippen molar-refractivity contribution < 1.29 is 17.6 Å². The van der Waals surface area contributed by atoms with E-state index in [1.54, 1.807) is 0 Å². The summed E-state index contributed by atoms with van der Waals surface area (Å²) in [7, 11) is 1.85. The van der Waals surface area contributed by atoms with Gasteiger partial charge in [0, 0.05) is 6.04 Å². The lowest BCUT2D eigenvalue weighted by Crippen LogP contribution is -2.38. The molecule has 0 radical (unpaired) electrons. The molecule has 1 aromatic carbocycles. The molecule has 1 unspecified atom stereocenters. The number of aryl methyl sites for hydroxylation is 1. The first-order chi connectivity index (χ1) is 9.05. The molecule has 114 valence electrons. The largest absolute Gasteiger partial charge is 0.419 e. The maximum Gasteiger partial charge on any atom is 0.419 e. The molecule has 1 rings (SSSR count). The minimum Gasteiger partial charge on any atom is -0.316 e. The first-order valence-corrected chi connectivity index (χ1v) is 6.58. The van der Waals surface area contributed by atoms with Gasteiger partial charge >= 0.3 is 6.18 Å². The molecule has 20 heavy (non-hydrogen) atoms. The van der Waals surface area contributed by atoms with Crippen LogP contribution in [-0.4, -0.2) is 13.1 Å². The minimum absolute atomic E-state index is 0.0409. The molecule has 0 aliphatic heterocycles. The zero-order valence-corrected chi connectivity index (χ0v) is 12.2. The molecule has 0 aromatic heterocycles. The van der Waals surface area contributed by atoms with Crippen LogP contribution in [0.4, 0.5) is 17.6 Å². The van der Waals surface area contributed by atoms with Gasteiger partial charge in [-0.3, -0.25) is 0 Å². The first kappa shape index (κ1) is 17.0. The zero-order chi connectivity index (χ0) is 15.6. The molecule has 1 nitrogen and oxygen atoms in total. The summed E-state index contributed by atoms with van der Waals surface area (Å²) in [5, 5.41) is 3.19. The second-order valence-corrected chi connectivity index (χ2v) is 6.06. The maximum atomic E-state index is 13.5. The molecule has 0 saturated carbocycles. The van der Waals surface area contributed by atoms with Gasteiger partial charge in [0.2, 0.25) is 0 Å². The quantitative estimate of drug-likeness (QED) is 0.810. The van der Waals surface area contributed by atoms with E-state index in [2.05, 4.69) is 26.1 Å².